The fraction of sp³-hybridized carbons (Fsp3) is 0.478. The number of hydrogen-bond acceptors (Lipinski definition) is 3. The Morgan fingerprint density at radius 2 is 1.81 bits per heavy atom. The molecule has 1 saturated heterocycles. The van der Waals surface area contributed by atoms with Crippen LogP contribution < -0.4 is 0 Å². The van der Waals surface area contributed by atoms with Crippen LogP contribution in [0, 0.1) is 0 Å². The van der Waals surface area contributed by atoms with E-state index < -0.39 is 5.60 Å². The second-order valence-corrected chi connectivity index (χ2v) is 7.05. The normalized spacial score (nSPS) is 18.9. The average Bonchev–Trinajstić information content (AvgIpc) is 2.67. The summed E-state index contributed by atoms with van der Waals surface area (Å²) in [6, 6.07) is 10.7. The summed E-state index contributed by atoms with van der Waals surface area (Å²) in [5, 5.41) is 19.3. The van der Waals surface area contributed by atoms with E-state index in [-0.39, 0.29) is 5.76 Å². The Bertz CT molecular complexity index is 596. The van der Waals surface area contributed by atoms with Crippen LogP contribution in [0.1, 0.15) is 52.5 Å². The van der Waals surface area contributed by atoms with Gasteiger partial charge in [0.1, 0.15) is 5.76 Å². The molecule has 0 radical (unpaired) electrons. The fourth-order valence-corrected chi connectivity index (χ4v) is 2.95. The van der Waals surface area contributed by atoms with E-state index in [2.05, 4.69) is 25.3 Å². The molecule has 26 heavy (non-hydrogen) atoms. The van der Waals surface area contributed by atoms with Crippen LogP contribution in [0.15, 0.2) is 66.5 Å². The molecule has 1 aliphatic rings. The van der Waals surface area contributed by atoms with Crippen LogP contribution in [-0.4, -0.2) is 34.2 Å². The first-order valence-electron chi connectivity index (χ1n) is 9.53. The second-order valence-electron chi connectivity index (χ2n) is 7.05. The second kappa shape index (κ2) is 11.0. The zero-order valence-corrected chi connectivity index (χ0v) is 16.8. The van der Waals surface area contributed by atoms with Gasteiger partial charge in [0.25, 0.3) is 0 Å². The summed E-state index contributed by atoms with van der Waals surface area (Å²) in [7, 11) is 0. The molecule has 2 N–H and O–H groups in total. The molecule has 3 heteroatoms. The summed E-state index contributed by atoms with van der Waals surface area (Å²) in [5.41, 5.74) is 1.58. The molecule has 0 bridgehead atoms. The third-order valence-corrected chi connectivity index (χ3v) is 5.14. The quantitative estimate of drug-likeness (QED) is 0.551. The smallest absolute Gasteiger partial charge is 0.108 e. The van der Waals surface area contributed by atoms with Crippen LogP contribution >= 0.6 is 0 Å². The first-order valence-corrected chi connectivity index (χ1v) is 9.53. The molecule has 1 aromatic carbocycles. The van der Waals surface area contributed by atoms with Crippen LogP contribution in [0.5, 0.6) is 0 Å². The maximum absolute atomic E-state index is 10.7. The van der Waals surface area contributed by atoms with Gasteiger partial charge in [-0.3, -0.25) is 0 Å². The summed E-state index contributed by atoms with van der Waals surface area (Å²) in [6.07, 6.45) is 8.21. The molecule has 1 atom stereocenters. The van der Waals surface area contributed by atoms with Crippen LogP contribution in [0.3, 0.4) is 0 Å². The Hall–Kier alpha value is -1.84. The standard InChI is InChI=1S/C15H23NO.C8H12O/c1-3-13(2)16-11-9-15(17,10-12-16)14-7-5-4-6-8-14;1-4-7(2)5-6-8(3)9/h4-8,13,17H,3,9-12H2,1-2H3;4-6,9H,3H2,1-2H3/b;6-5-,7-4-/t13-;/m0./s1. The van der Waals surface area contributed by atoms with E-state index in [4.69, 9.17) is 5.11 Å². The molecule has 0 spiro atoms. The molecule has 0 amide bonds. The predicted octanol–water partition coefficient (Wildman–Crippen LogP) is 5.35. The highest BCUT2D eigenvalue weighted by Gasteiger charge is 2.34. The van der Waals surface area contributed by atoms with Gasteiger partial charge in [0.2, 0.25) is 0 Å². The zero-order valence-electron chi connectivity index (χ0n) is 16.8. The number of piperidine rings is 1. The minimum Gasteiger partial charge on any atom is -0.509 e. The SMILES string of the molecule is C=C(O)/C=C\C(C)=C/C.CC[C@H](C)N1CCC(O)(c2ccccc2)CC1. The van der Waals surface area contributed by atoms with Gasteiger partial charge in [-0.15, -0.1) is 0 Å². The number of rotatable bonds is 5. The minimum absolute atomic E-state index is 0.0937. The minimum atomic E-state index is -0.606. The highest BCUT2D eigenvalue weighted by molar-refractivity contribution is 5.23. The monoisotopic (exact) mass is 357 g/mol. The molecule has 0 unspecified atom stereocenters. The number of likely N-dealkylation sites (tertiary alicyclic amines) is 1. The van der Waals surface area contributed by atoms with Crippen LogP contribution in [0.4, 0.5) is 0 Å². The lowest BCUT2D eigenvalue weighted by Crippen LogP contribution is -2.45. The maximum Gasteiger partial charge on any atom is 0.108 e. The van der Waals surface area contributed by atoms with E-state index in [1.807, 2.05) is 56.3 Å². The molecule has 0 aromatic heterocycles. The molecule has 144 valence electrons. The van der Waals surface area contributed by atoms with E-state index in [1.165, 1.54) is 6.42 Å². The molecule has 3 nitrogen and oxygen atoms in total. The van der Waals surface area contributed by atoms with Gasteiger partial charge in [-0.05, 0) is 51.7 Å². The topological polar surface area (TPSA) is 43.7 Å². The Morgan fingerprint density at radius 3 is 2.27 bits per heavy atom. The molecule has 0 aliphatic carbocycles. The summed E-state index contributed by atoms with van der Waals surface area (Å²) in [5.74, 6) is 0.0937. The van der Waals surface area contributed by atoms with Crippen LogP contribution in [0.2, 0.25) is 0 Å². The van der Waals surface area contributed by atoms with E-state index in [9.17, 15) is 5.11 Å². The van der Waals surface area contributed by atoms with Gasteiger partial charge >= 0.3 is 0 Å². The summed E-state index contributed by atoms with van der Waals surface area (Å²) in [4.78, 5) is 2.48. The molecular weight excluding hydrogens is 322 g/mol. The summed E-state index contributed by atoms with van der Waals surface area (Å²) < 4.78 is 0. The fourth-order valence-electron chi connectivity index (χ4n) is 2.95. The highest BCUT2D eigenvalue weighted by atomic mass is 16.3. The van der Waals surface area contributed by atoms with Crippen molar-refractivity contribution in [2.24, 2.45) is 0 Å². The van der Waals surface area contributed by atoms with Crippen molar-refractivity contribution in [3.8, 4) is 0 Å². The van der Waals surface area contributed by atoms with Crippen molar-refractivity contribution >= 4 is 0 Å². The van der Waals surface area contributed by atoms with Gasteiger partial charge in [0.05, 0.1) is 5.60 Å². The summed E-state index contributed by atoms with van der Waals surface area (Å²) >= 11 is 0. The van der Waals surface area contributed by atoms with Gasteiger partial charge in [-0.2, -0.15) is 0 Å². The van der Waals surface area contributed by atoms with Gasteiger partial charge < -0.3 is 15.1 Å². The van der Waals surface area contributed by atoms with Gasteiger partial charge in [-0.1, -0.05) is 61.6 Å². The number of hydrogen-bond donors (Lipinski definition) is 2. The molecule has 1 heterocycles. The van der Waals surface area contributed by atoms with Crippen molar-refractivity contribution in [1.82, 2.24) is 4.90 Å². The van der Waals surface area contributed by atoms with Crippen LogP contribution in [0.25, 0.3) is 0 Å². The van der Waals surface area contributed by atoms with Crippen molar-refractivity contribution in [1.29, 1.82) is 0 Å². The molecule has 1 aliphatic heterocycles. The predicted molar refractivity (Wildman–Crippen MR) is 111 cm³/mol. The van der Waals surface area contributed by atoms with Gasteiger partial charge in [0.15, 0.2) is 0 Å². The summed E-state index contributed by atoms with van der Waals surface area (Å²) in [6.45, 7) is 13.7. The lowest BCUT2D eigenvalue weighted by atomic mass is 9.84. The van der Waals surface area contributed by atoms with E-state index in [0.29, 0.717) is 6.04 Å². The Balaban J connectivity index is 0.000000321. The zero-order chi connectivity index (χ0) is 19.6. The van der Waals surface area contributed by atoms with Gasteiger partial charge in [0, 0.05) is 19.1 Å². The van der Waals surface area contributed by atoms with Crippen molar-refractivity contribution in [3.63, 3.8) is 0 Å². The lowest BCUT2D eigenvalue weighted by molar-refractivity contribution is -0.0343. The third-order valence-electron chi connectivity index (χ3n) is 5.14. The van der Waals surface area contributed by atoms with E-state index >= 15 is 0 Å². The van der Waals surface area contributed by atoms with E-state index in [0.717, 1.165) is 37.1 Å². The molecule has 1 aromatic rings. The van der Waals surface area contributed by atoms with Crippen molar-refractivity contribution < 1.29 is 10.2 Å². The number of aliphatic hydroxyl groups is 2. The lowest BCUT2D eigenvalue weighted by Gasteiger charge is -2.41. The maximum atomic E-state index is 10.7. The first-order chi connectivity index (χ1) is 12.3. The number of benzene rings is 1. The average molecular weight is 358 g/mol. The third kappa shape index (κ3) is 7.19. The van der Waals surface area contributed by atoms with Crippen molar-refractivity contribution in [2.45, 2.75) is 58.6 Å². The van der Waals surface area contributed by atoms with E-state index in [1.54, 1.807) is 6.08 Å². The number of nitrogens with zero attached hydrogens (tertiary/aromatic N) is 1. The number of allylic oxidation sites excluding steroid dienone is 4. The molecule has 2 rings (SSSR count). The number of aliphatic hydroxyl groups excluding tert-OH is 1. The van der Waals surface area contributed by atoms with Gasteiger partial charge in [-0.25, -0.2) is 0 Å². The largest absolute Gasteiger partial charge is 0.509 e. The van der Waals surface area contributed by atoms with Crippen molar-refractivity contribution in [2.75, 3.05) is 13.1 Å². The Morgan fingerprint density at radius 1 is 1.23 bits per heavy atom. The Labute approximate surface area is 159 Å². The Kier molecular flexibility index (Phi) is 9.39. The highest BCUT2D eigenvalue weighted by Crippen LogP contribution is 2.33. The molecule has 1 fully saturated rings. The molecule has 0 saturated carbocycles. The molecular formula is C23H35NO2. The first kappa shape index (κ1) is 22.2. The van der Waals surface area contributed by atoms with Crippen LogP contribution in [-0.2, 0) is 5.60 Å². The van der Waals surface area contributed by atoms with Crippen molar-refractivity contribution in [3.05, 3.63) is 72.0 Å².